The number of hydrogen-bond donors (Lipinski definition) is 3. The standard InChI is InChI=1S/C18H16FN3O2/c1-10-11(2)20-16-8-7-12(9-14(10)16)17(23)21-22-18(24)13-5-3-4-6-15(13)19/h3-9,20H,1-2H3,(H,21,23)(H,22,24). The van der Waals surface area contributed by atoms with E-state index in [1.807, 2.05) is 19.9 Å². The minimum Gasteiger partial charge on any atom is -0.358 e. The van der Waals surface area contributed by atoms with Gasteiger partial charge in [-0.15, -0.1) is 0 Å². The minimum absolute atomic E-state index is 0.134. The lowest BCUT2D eigenvalue weighted by atomic mass is 10.1. The third kappa shape index (κ3) is 2.86. The average molecular weight is 325 g/mol. The van der Waals surface area contributed by atoms with Gasteiger partial charge in [0.2, 0.25) is 0 Å². The number of H-pyrrole nitrogens is 1. The molecule has 0 aliphatic carbocycles. The second-order valence-electron chi connectivity index (χ2n) is 5.52. The van der Waals surface area contributed by atoms with Crippen molar-refractivity contribution in [3.63, 3.8) is 0 Å². The molecule has 2 aromatic carbocycles. The summed E-state index contributed by atoms with van der Waals surface area (Å²) >= 11 is 0. The summed E-state index contributed by atoms with van der Waals surface area (Å²) in [6, 6.07) is 10.8. The summed E-state index contributed by atoms with van der Waals surface area (Å²) in [6.45, 7) is 3.93. The quantitative estimate of drug-likeness (QED) is 0.634. The first-order valence-electron chi connectivity index (χ1n) is 7.41. The first-order valence-corrected chi connectivity index (χ1v) is 7.41. The molecule has 3 rings (SSSR count). The first-order chi connectivity index (χ1) is 11.5. The number of amides is 2. The van der Waals surface area contributed by atoms with Crippen molar-refractivity contribution in [1.82, 2.24) is 15.8 Å². The van der Waals surface area contributed by atoms with E-state index in [0.29, 0.717) is 5.56 Å². The van der Waals surface area contributed by atoms with Gasteiger partial charge in [0.15, 0.2) is 0 Å². The number of nitrogens with one attached hydrogen (secondary N) is 3. The van der Waals surface area contributed by atoms with Gasteiger partial charge in [-0.1, -0.05) is 12.1 Å². The van der Waals surface area contributed by atoms with Crippen LogP contribution in [0.1, 0.15) is 32.0 Å². The molecule has 122 valence electrons. The number of halogens is 1. The molecular formula is C18H16FN3O2. The zero-order valence-electron chi connectivity index (χ0n) is 13.2. The Morgan fingerprint density at radius 1 is 1.00 bits per heavy atom. The van der Waals surface area contributed by atoms with Crippen molar-refractivity contribution < 1.29 is 14.0 Å². The molecule has 0 fully saturated rings. The van der Waals surface area contributed by atoms with Crippen LogP contribution in [0.2, 0.25) is 0 Å². The van der Waals surface area contributed by atoms with Gasteiger partial charge in [-0.3, -0.25) is 20.4 Å². The number of hydrogen-bond acceptors (Lipinski definition) is 2. The highest BCUT2D eigenvalue weighted by Gasteiger charge is 2.13. The summed E-state index contributed by atoms with van der Waals surface area (Å²) in [5, 5.41) is 0.945. The fourth-order valence-electron chi connectivity index (χ4n) is 2.50. The van der Waals surface area contributed by atoms with Gasteiger partial charge in [0.25, 0.3) is 11.8 Å². The van der Waals surface area contributed by atoms with E-state index in [4.69, 9.17) is 0 Å². The molecule has 5 nitrogen and oxygen atoms in total. The van der Waals surface area contributed by atoms with Crippen molar-refractivity contribution in [3.8, 4) is 0 Å². The lowest BCUT2D eigenvalue weighted by Gasteiger charge is -2.08. The van der Waals surface area contributed by atoms with Crippen molar-refractivity contribution in [1.29, 1.82) is 0 Å². The summed E-state index contributed by atoms with van der Waals surface area (Å²) < 4.78 is 13.5. The third-order valence-electron chi connectivity index (χ3n) is 3.98. The Balaban J connectivity index is 1.74. The van der Waals surface area contributed by atoms with Gasteiger partial charge in [-0.25, -0.2) is 4.39 Å². The molecular weight excluding hydrogens is 309 g/mol. The second-order valence-corrected chi connectivity index (χ2v) is 5.52. The van der Waals surface area contributed by atoms with Crippen LogP contribution in [0.15, 0.2) is 42.5 Å². The highest BCUT2D eigenvalue weighted by atomic mass is 19.1. The van der Waals surface area contributed by atoms with Gasteiger partial charge < -0.3 is 4.98 Å². The minimum atomic E-state index is -0.712. The van der Waals surface area contributed by atoms with Crippen LogP contribution in [-0.4, -0.2) is 16.8 Å². The Hall–Kier alpha value is -3.15. The Labute approximate surface area is 137 Å². The van der Waals surface area contributed by atoms with Crippen LogP contribution in [0, 0.1) is 19.7 Å². The summed E-state index contributed by atoms with van der Waals surface area (Å²) in [5.41, 5.74) is 7.83. The van der Waals surface area contributed by atoms with Crippen molar-refractivity contribution in [2.45, 2.75) is 13.8 Å². The van der Waals surface area contributed by atoms with Gasteiger partial charge >= 0.3 is 0 Å². The van der Waals surface area contributed by atoms with Crippen LogP contribution in [0.25, 0.3) is 10.9 Å². The number of aromatic amines is 1. The number of fused-ring (bicyclic) bond motifs is 1. The maximum atomic E-state index is 13.5. The Kier molecular flexibility index (Phi) is 4.04. The van der Waals surface area contributed by atoms with Crippen LogP contribution >= 0.6 is 0 Å². The maximum absolute atomic E-state index is 13.5. The van der Waals surface area contributed by atoms with Gasteiger partial charge in [0, 0.05) is 22.2 Å². The molecule has 0 saturated carbocycles. The largest absolute Gasteiger partial charge is 0.358 e. The number of carbonyl (C=O) groups is 2. The summed E-state index contributed by atoms with van der Waals surface area (Å²) in [4.78, 5) is 27.3. The van der Waals surface area contributed by atoms with Gasteiger partial charge in [-0.2, -0.15) is 0 Å². The number of hydrazine groups is 1. The predicted octanol–water partition coefficient (Wildman–Crippen LogP) is 3.00. The van der Waals surface area contributed by atoms with E-state index in [0.717, 1.165) is 22.2 Å². The monoisotopic (exact) mass is 325 g/mol. The second kappa shape index (κ2) is 6.16. The normalized spacial score (nSPS) is 10.6. The zero-order chi connectivity index (χ0) is 17.3. The van der Waals surface area contributed by atoms with Crippen LogP contribution in [0.3, 0.4) is 0 Å². The van der Waals surface area contributed by atoms with Crippen LogP contribution in [0.5, 0.6) is 0 Å². The average Bonchev–Trinajstić information content (AvgIpc) is 2.87. The molecule has 0 aliphatic rings. The molecule has 0 atom stereocenters. The molecule has 0 spiro atoms. The van der Waals surface area contributed by atoms with Crippen molar-refractivity contribution in [2.75, 3.05) is 0 Å². The Bertz CT molecular complexity index is 947. The smallest absolute Gasteiger partial charge is 0.272 e. The molecule has 3 N–H and O–H groups in total. The van der Waals surface area contributed by atoms with E-state index in [2.05, 4.69) is 15.8 Å². The van der Waals surface area contributed by atoms with Crippen molar-refractivity contribution in [2.24, 2.45) is 0 Å². The molecule has 1 heterocycles. The fourth-order valence-corrected chi connectivity index (χ4v) is 2.50. The Morgan fingerprint density at radius 3 is 2.46 bits per heavy atom. The molecule has 3 aromatic rings. The van der Waals surface area contributed by atoms with Crippen molar-refractivity contribution in [3.05, 3.63) is 70.7 Å². The molecule has 24 heavy (non-hydrogen) atoms. The number of aromatic nitrogens is 1. The predicted molar refractivity (Wildman–Crippen MR) is 89.1 cm³/mol. The van der Waals surface area contributed by atoms with Crippen LogP contribution in [0.4, 0.5) is 4.39 Å². The highest BCUT2D eigenvalue weighted by Crippen LogP contribution is 2.22. The Morgan fingerprint density at radius 2 is 1.71 bits per heavy atom. The summed E-state index contributed by atoms with van der Waals surface area (Å²) in [5.74, 6) is -1.83. The maximum Gasteiger partial charge on any atom is 0.272 e. The number of carbonyl (C=O) groups excluding carboxylic acids is 2. The van der Waals surface area contributed by atoms with E-state index in [-0.39, 0.29) is 5.56 Å². The third-order valence-corrected chi connectivity index (χ3v) is 3.98. The summed E-state index contributed by atoms with van der Waals surface area (Å²) in [6.07, 6.45) is 0. The zero-order valence-corrected chi connectivity index (χ0v) is 13.2. The van der Waals surface area contributed by atoms with E-state index in [1.54, 1.807) is 18.2 Å². The van der Waals surface area contributed by atoms with Gasteiger partial charge in [-0.05, 0) is 49.7 Å². The lowest BCUT2D eigenvalue weighted by molar-refractivity contribution is 0.0844. The SMILES string of the molecule is Cc1[nH]c2ccc(C(=O)NNC(=O)c3ccccc3F)cc2c1C. The highest BCUT2D eigenvalue weighted by molar-refractivity contribution is 6.01. The molecule has 1 aromatic heterocycles. The van der Waals surface area contributed by atoms with E-state index in [9.17, 15) is 14.0 Å². The number of aryl methyl sites for hydroxylation is 2. The molecule has 0 radical (unpaired) electrons. The topological polar surface area (TPSA) is 74.0 Å². The van der Waals surface area contributed by atoms with E-state index < -0.39 is 17.6 Å². The molecule has 6 heteroatoms. The van der Waals surface area contributed by atoms with Gasteiger partial charge in [0.1, 0.15) is 5.82 Å². The van der Waals surface area contributed by atoms with E-state index >= 15 is 0 Å². The van der Waals surface area contributed by atoms with E-state index in [1.165, 1.54) is 18.2 Å². The van der Waals surface area contributed by atoms with Crippen molar-refractivity contribution >= 4 is 22.7 Å². The lowest BCUT2D eigenvalue weighted by Crippen LogP contribution is -2.41. The summed E-state index contributed by atoms with van der Waals surface area (Å²) in [7, 11) is 0. The molecule has 0 bridgehead atoms. The van der Waals surface area contributed by atoms with Crippen LogP contribution < -0.4 is 10.9 Å². The first kappa shape index (κ1) is 15.7. The van der Waals surface area contributed by atoms with Crippen LogP contribution in [-0.2, 0) is 0 Å². The molecule has 2 amide bonds. The number of benzene rings is 2. The number of rotatable bonds is 2. The van der Waals surface area contributed by atoms with Gasteiger partial charge in [0.05, 0.1) is 5.56 Å². The molecule has 0 unspecified atom stereocenters. The fraction of sp³-hybridized carbons (Fsp3) is 0.111. The molecule has 0 saturated heterocycles. The molecule has 0 aliphatic heterocycles.